The van der Waals surface area contributed by atoms with Crippen molar-refractivity contribution >= 4 is 31.5 Å². The minimum absolute atomic E-state index is 0.940. The van der Waals surface area contributed by atoms with Gasteiger partial charge in [0.05, 0.1) is 14.1 Å². The Morgan fingerprint density at radius 2 is 1.87 bits per heavy atom. The lowest BCUT2D eigenvalue weighted by molar-refractivity contribution is 0.804. The van der Waals surface area contributed by atoms with Crippen molar-refractivity contribution in [3.8, 4) is 0 Å². The Kier molecular flexibility index (Phi) is 3.13. The van der Waals surface area contributed by atoms with Crippen molar-refractivity contribution in [2.45, 2.75) is 0 Å². The lowest BCUT2D eigenvalue weighted by Gasteiger charge is -1.96. The molecule has 2 aromatic rings. The first kappa shape index (κ1) is 10.3. The van der Waals surface area contributed by atoms with Gasteiger partial charge in [-0.05, 0) is 22.5 Å². The molecule has 0 aliphatic carbocycles. The summed E-state index contributed by atoms with van der Waals surface area (Å²) in [5.74, 6) is 0. The molecule has 0 saturated heterocycles. The quantitative estimate of drug-likeness (QED) is 0.640. The minimum Gasteiger partial charge on any atom is -0.310 e. The summed E-state index contributed by atoms with van der Waals surface area (Å²) in [6.45, 7) is 0. The Morgan fingerprint density at radius 1 is 1.13 bits per heavy atom. The highest BCUT2D eigenvalue weighted by molar-refractivity contribution is 7.69. The maximum atomic E-state index is 4.46. The van der Waals surface area contributed by atoms with Crippen LogP contribution in [0.25, 0.3) is 0 Å². The molecular formula is C10H12N3S2+. The zero-order valence-electron chi connectivity index (χ0n) is 8.60. The van der Waals surface area contributed by atoms with Crippen LogP contribution in [0.2, 0.25) is 0 Å². The number of nitrogens with zero attached hydrogens (tertiary/aromatic N) is 2. The summed E-state index contributed by atoms with van der Waals surface area (Å²) in [7, 11) is 7.32. The zero-order chi connectivity index (χ0) is 10.7. The van der Waals surface area contributed by atoms with Crippen LogP contribution in [0.1, 0.15) is 0 Å². The van der Waals surface area contributed by atoms with Crippen LogP contribution in [-0.4, -0.2) is 19.1 Å². The van der Waals surface area contributed by atoms with Gasteiger partial charge in [0.2, 0.25) is 0 Å². The molecule has 0 fully saturated rings. The van der Waals surface area contributed by atoms with Gasteiger partial charge < -0.3 is 5.32 Å². The SMILES string of the molecule is C[N+](C)=c1nc(Nc2ccccc2)ss1. The molecule has 5 heteroatoms. The third-order valence-corrected chi connectivity index (χ3v) is 4.01. The Morgan fingerprint density at radius 3 is 2.47 bits per heavy atom. The summed E-state index contributed by atoms with van der Waals surface area (Å²) in [6, 6.07) is 10.1. The predicted molar refractivity (Wildman–Crippen MR) is 66.8 cm³/mol. The minimum atomic E-state index is 0.940. The van der Waals surface area contributed by atoms with E-state index >= 15 is 0 Å². The number of rotatable bonds is 2. The maximum Gasteiger partial charge on any atom is 0.390 e. The third-order valence-electron chi connectivity index (χ3n) is 1.80. The van der Waals surface area contributed by atoms with E-state index in [9.17, 15) is 0 Å². The van der Waals surface area contributed by atoms with E-state index in [0.29, 0.717) is 0 Å². The molecule has 0 aliphatic rings. The predicted octanol–water partition coefficient (Wildman–Crippen LogP) is 1.98. The second kappa shape index (κ2) is 4.55. The van der Waals surface area contributed by atoms with Crippen LogP contribution in [0.5, 0.6) is 0 Å². The Hall–Kier alpha value is -1.20. The van der Waals surface area contributed by atoms with Crippen LogP contribution >= 0.6 is 20.7 Å². The number of hydrogen-bond donors (Lipinski definition) is 1. The van der Waals surface area contributed by atoms with Crippen molar-refractivity contribution < 1.29 is 0 Å². The van der Waals surface area contributed by atoms with Crippen molar-refractivity contribution in [2.24, 2.45) is 0 Å². The third kappa shape index (κ3) is 2.64. The van der Waals surface area contributed by atoms with Gasteiger partial charge in [0.25, 0.3) is 0 Å². The van der Waals surface area contributed by atoms with E-state index in [1.54, 1.807) is 20.7 Å². The topological polar surface area (TPSA) is 27.9 Å². The highest BCUT2D eigenvalue weighted by atomic mass is 32.9. The van der Waals surface area contributed by atoms with Crippen LogP contribution in [0.3, 0.4) is 0 Å². The average Bonchev–Trinajstić information content (AvgIpc) is 2.68. The summed E-state index contributed by atoms with van der Waals surface area (Å²) in [6.07, 6.45) is 0. The molecule has 0 unspecified atom stereocenters. The Bertz CT molecular complexity index is 495. The summed E-state index contributed by atoms with van der Waals surface area (Å²) in [5, 5.41) is 4.21. The molecule has 3 nitrogen and oxygen atoms in total. The lowest BCUT2D eigenvalue weighted by Crippen LogP contribution is -2.20. The summed E-state index contributed by atoms with van der Waals surface area (Å²) in [4.78, 5) is 5.48. The van der Waals surface area contributed by atoms with Gasteiger partial charge in [-0.1, -0.05) is 18.2 Å². The number of benzene rings is 1. The lowest BCUT2D eigenvalue weighted by atomic mass is 10.3. The van der Waals surface area contributed by atoms with Crippen molar-refractivity contribution in [3.05, 3.63) is 35.1 Å². The van der Waals surface area contributed by atoms with Gasteiger partial charge in [-0.15, -0.1) is 0 Å². The monoisotopic (exact) mass is 238 g/mol. The van der Waals surface area contributed by atoms with Crippen molar-refractivity contribution in [3.63, 3.8) is 0 Å². The number of para-hydroxylation sites is 1. The molecule has 0 bridgehead atoms. The number of aromatic nitrogens is 1. The molecule has 0 amide bonds. The highest BCUT2D eigenvalue weighted by Gasteiger charge is 2.07. The van der Waals surface area contributed by atoms with E-state index < -0.39 is 0 Å². The summed E-state index contributed by atoms with van der Waals surface area (Å²) < 4.78 is 2.01. The van der Waals surface area contributed by atoms with Gasteiger partial charge in [-0.25, -0.2) is 0 Å². The van der Waals surface area contributed by atoms with Gasteiger partial charge in [0, 0.05) is 21.0 Å². The number of hydrogen-bond acceptors (Lipinski definition) is 4. The van der Waals surface area contributed by atoms with E-state index in [1.165, 1.54) is 0 Å². The van der Waals surface area contributed by atoms with Gasteiger partial charge in [0.15, 0.2) is 0 Å². The van der Waals surface area contributed by atoms with Crippen molar-refractivity contribution in [1.29, 1.82) is 0 Å². The Balaban J connectivity index is 2.23. The molecule has 0 aliphatic heterocycles. The number of anilines is 2. The molecule has 2 rings (SSSR count). The van der Waals surface area contributed by atoms with E-state index in [1.807, 2.05) is 49.0 Å². The maximum absolute atomic E-state index is 4.46. The average molecular weight is 238 g/mol. The van der Waals surface area contributed by atoms with Crippen LogP contribution in [0.4, 0.5) is 10.8 Å². The highest BCUT2D eigenvalue weighted by Crippen LogP contribution is 2.18. The van der Waals surface area contributed by atoms with Crippen LogP contribution in [0.15, 0.2) is 30.3 Å². The smallest absolute Gasteiger partial charge is 0.310 e. The molecule has 1 heterocycles. The largest absolute Gasteiger partial charge is 0.390 e. The summed E-state index contributed by atoms with van der Waals surface area (Å²) in [5.41, 5.74) is 1.07. The van der Waals surface area contributed by atoms with E-state index in [-0.39, 0.29) is 0 Å². The number of nitrogens with one attached hydrogen (secondary N) is 1. The summed E-state index contributed by atoms with van der Waals surface area (Å²) >= 11 is 0. The molecule has 1 aromatic carbocycles. The Labute approximate surface area is 95.8 Å². The first-order valence-corrected chi connectivity index (χ1v) is 6.70. The van der Waals surface area contributed by atoms with Crippen LogP contribution in [-0.2, 0) is 0 Å². The molecular weight excluding hydrogens is 226 g/mol. The molecule has 0 radical (unpaired) electrons. The first-order chi connectivity index (χ1) is 7.25. The van der Waals surface area contributed by atoms with Gasteiger partial charge >= 0.3 is 9.93 Å². The second-order valence-electron chi connectivity index (χ2n) is 3.25. The van der Waals surface area contributed by atoms with Crippen molar-refractivity contribution in [1.82, 2.24) is 9.56 Å². The fourth-order valence-corrected chi connectivity index (χ4v) is 3.10. The van der Waals surface area contributed by atoms with Crippen molar-refractivity contribution in [2.75, 3.05) is 19.4 Å². The van der Waals surface area contributed by atoms with Gasteiger partial charge in [-0.2, -0.15) is 0 Å². The fourth-order valence-electron chi connectivity index (χ4n) is 1.07. The van der Waals surface area contributed by atoms with Gasteiger partial charge in [-0.3, -0.25) is 4.58 Å². The molecule has 1 aromatic heterocycles. The molecule has 1 N–H and O–H groups in total. The molecule has 0 saturated carbocycles. The van der Waals surface area contributed by atoms with Crippen LogP contribution in [0, 0.1) is 0 Å². The van der Waals surface area contributed by atoms with Crippen LogP contribution < -0.4 is 14.7 Å². The van der Waals surface area contributed by atoms with E-state index in [4.69, 9.17) is 0 Å². The normalized spacial score (nSPS) is 10.0. The van der Waals surface area contributed by atoms with Gasteiger partial charge in [0.1, 0.15) is 0 Å². The zero-order valence-corrected chi connectivity index (χ0v) is 10.2. The van der Waals surface area contributed by atoms with E-state index in [2.05, 4.69) is 10.3 Å². The molecule has 0 atom stereocenters. The fraction of sp³-hybridized carbons (Fsp3) is 0.200. The molecule has 15 heavy (non-hydrogen) atoms. The molecule has 0 spiro atoms. The first-order valence-electron chi connectivity index (χ1n) is 4.55. The molecule has 78 valence electrons. The van der Waals surface area contributed by atoms with E-state index in [0.717, 1.165) is 15.6 Å². The second-order valence-corrected chi connectivity index (χ2v) is 5.34. The standard InChI is InChI=1S/C10H11N3S2/c1-13(2)10-12-9(14-15-10)11-8-6-4-3-5-7-8/h3-7H,1-2H3/p+1.